The SMILES string of the molecule is O=C(O)c1c[nH]n(C2C3CC4CC(C3)CC2C4)c1=O. The molecular formula is C14H18N2O3. The molecule has 0 aliphatic heterocycles. The molecule has 4 fully saturated rings. The van der Waals surface area contributed by atoms with Gasteiger partial charge >= 0.3 is 5.97 Å². The number of aromatic amines is 1. The van der Waals surface area contributed by atoms with Crippen LogP contribution in [0.2, 0.25) is 0 Å². The van der Waals surface area contributed by atoms with Crippen LogP contribution in [-0.2, 0) is 0 Å². The molecule has 19 heavy (non-hydrogen) atoms. The Morgan fingerprint density at radius 1 is 1.16 bits per heavy atom. The summed E-state index contributed by atoms with van der Waals surface area (Å²) >= 11 is 0. The number of H-pyrrole nitrogens is 1. The molecule has 4 aliphatic rings. The maximum absolute atomic E-state index is 12.2. The van der Waals surface area contributed by atoms with Crippen LogP contribution in [0.3, 0.4) is 0 Å². The van der Waals surface area contributed by atoms with Crippen molar-refractivity contribution >= 4 is 5.97 Å². The van der Waals surface area contributed by atoms with E-state index in [-0.39, 0.29) is 17.2 Å². The quantitative estimate of drug-likeness (QED) is 0.854. The van der Waals surface area contributed by atoms with Crippen LogP contribution in [-0.4, -0.2) is 20.9 Å². The Morgan fingerprint density at radius 3 is 2.21 bits per heavy atom. The normalized spacial score (nSPS) is 39.7. The summed E-state index contributed by atoms with van der Waals surface area (Å²) in [5.74, 6) is 1.69. The summed E-state index contributed by atoms with van der Waals surface area (Å²) in [4.78, 5) is 23.2. The second kappa shape index (κ2) is 3.74. The second-order valence-electron chi connectivity index (χ2n) is 6.59. The predicted octanol–water partition coefficient (Wildman–Crippen LogP) is 1.87. The zero-order valence-electron chi connectivity index (χ0n) is 10.7. The number of nitrogens with one attached hydrogen (secondary N) is 1. The molecule has 5 nitrogen and oxygen atoms in total. The molecule has 5 rings (SSSR count). The van der Waals surface area contributed by atoms with Crippen molar-refractivity contribution in [1.29, 1.82) is 0 Å². The molecule has 0 unspecified atom stereocenters. The fourth-order valence-corrected chi connectivity index (χ4v) is 5.08. The van der Waals surface area contributed by atoms with Crippen molar-refractivity contribution in [1.82, 2.24) is 9.78 Å². The Labute approximate surface area is 110 Å². The van der Waals surface area contributed by atoms with E-state index in [1.165, 1.54) is 38.3 Å². The van der Waals surface area contributed by atoms with Gasteiger partial charge in [-0.3, -0.25) is 4.79 Å². The summed E-state index contributed by atoms with van der Waals surface area (Å²) in [5, 5.41) is 11.9. The fraction of sp³-hybridized carbons (Fsp3) is 0.714. The summed E-state index contributed by atoms with van der Waals surface area (Å²) in [6, 6.07) is 0.202. The number of rotatable bonds is 2. The van der Waals surface area contributed by atoms with Crippen molar-refractivity contribution in [3.63, 3.8) is 0 Å². The minimum atomic E-state index is -1.14. The van der Waals surface area contributed by atoms with Gasteiger partial charge < -0.3 is 10.2 Å². The Morgan fingerprint density at radius 2 is 1.74 bits per heavy atom. The minimum Gasteiger partial charge on any atom is -0.477 e. The summed E-state index contributed by atoms with van der Waals surface area (Å²) in [5.41, 5.74) is -0.487. The molecule has 4 saturated carbocycles. The highest BCUT2D eigenvalue weighted by atomic mass is 16.4. The van der Waals surface area contributed by atoms with Gasteiger partial charge in [0.25, 0.3) is 5.56 Å². The highest BCUT2D eigenvalue weighted by Crippen LogP contribution is 2.57. The lowest BCUT2D eigenvalue weighted by Gasteiger charge is -2.54. The van der Waals surface area contributed by atoms with Crippen LogP contribution in [0.15, 0.2) is 11.0 Å². The van der Waals surface area contributed by atoms with E-state index in [1.807, 2.05) is 0 Å². The Balaban J connectivity index is 1.73. The van der Waals surface area contributed by atoms with Gasteiger partial charge in [0, 0.05) is 6.20 Å². The molecule has 4 bridgehead atoms. The number of aromatic nitrogens is 2. The maximum atomic E-state index is 12.2. The van der Waals surface area contributed by atoms with E-state index >= 15 is 0 Å². The van der Waals surface area contributed by atoms with E-state index in [9.17, 15) is 9.59 Å². The Kier molecular flexibility index (Phi) is 2.23. The largest absolute Gasteiger partial charge is 0.477 e. The minimum absolute atomic E-state index is 0.131. The summed E-state index contributed by atoms with van der Waals surface area (Å²) < 4.78 is 1.61. The fourth-order valence-electron chi connectivity index (χ4n) is 5.08. The molecule has 0 atom stereocenters. The third-order valence-electron chi connectivity index (χ3n) is 5.50. The van der Waals surface area contributed by atoms with Crippen molar-refractivity contribution < 1.29 is 9.90 Å². The number of hydrogen-bond acceptors (Lipinski definition) is 2. The monoisotopic (exact) mass is 262 g/mol. The lowest BCUT2D eigenvalue weighted by molar-refractivity contribution is -0.0348. The lowest BCUT2D eigenvalue weighted by atomic mass is 9.54. The van der Waals surface area contributed by atoms with Gasteiger partial charge in [0.2, 0.25) is 0 Å². The molecule has 0 saturated heterocycles. The van der Waals surface area contributed by atoms with Crippen LogP contribution >= 0.6 is 0 Å². The molecule has 0 radical (unpaired) electrons. The molecule has 1 heterocycles. The van der Waals surface area contributed by atoms with E-state index in [4.69, 9.17) is 5.11 Å². The molecule has 0 aromatic carbocycles. The van der Waals surface area contributed by atoms with Crippen LogP contribution < -0.4 is 5.56 Å². The first-order valence-corrected chi connectivity index (χ1v) is 7.16. The van der Waals surface area contributed by atoms with Gasteiger partial charge in [0.05, 0.1) is 6.04 Å². The third-order valence-corrected chi connectivity index (χ3v) is 5.50. The molecule has 5 heteroatoms. The average molecular weight is 262 g/mol. The number of carboxylic acid groups (broad SMARTS) is 1. The van der Waals surface area contributed by atoms with Gasteiger partial charge in [-0.2, -0.15) is 0 Å². The van der Waals surface area contributed by atoms with Crippen LogP contribution in [0.5, 0.6) is 0 Å². The Bertz CT molecular complexity index is 558. The second-order valence-corrected chi connectivity index (χ2v) is 6.59. The lowest BCUT2D eigenvalue weighted by Crippen LogP contribution is -2.48. The topological polar surface area (TPSA) is 75.1 Å². The highest BCUT2D eigenvalue weighted by Gasteiger charge is 2.49. The number of hydrogen-bond donors (Lipinski definition) is 2. The first-order chi connectivity index (χ1) is 9.13. The molecule has 4 aliphatic carbocycles. The van der Waals surface area contributed by atoms with Gasteiger partial charge in [-0.15, -0.1) is 0 Å². The molecule has 1 aromatic rings. The summed E-state index contributed by atoms with van der Waals surface area (Å²) in [6.45, 7) is 0. The molecule has 0 spiro atoms. The van der Waals surface area contributed by atoms with Gasteiger partial charge in [0.15, 0.2) is 0 Å². The molecular weight excluding hydrogens is 244 g/mol. The van der Waals surface area contributed by atoms with E-state index in [1.54, 1.807) is 4.68 Å². The van der Waals surface area contributed by atoms with Crippen molar-refractivity contribution in [2.45, 2.75) is 38.1 Å². The Hall–Kier alpha value is -1.52. The number of nitrogens with zero attached hydrogens (tertiary/aromatic N) is 1. The van der Waals surface area contributed by atoms with Crippen molar-refractivity contribution in [2.75, 3.05) is 0 Å². The molecule has 1 aromatic heterocycles. The van der Waals surface area contributed by atoms with Crippen LogP contribution in [0.1, 0.15) is 48.5 Å². The number of aromatic carboxylic acids is 1. The molecule has 2 N–H and O–H groups in total. The van der Waals surface area contributed by atoms with Gasteiger partial charge in [0.1, 0.15) is 5.56 Å². The van der Waals surface area contributed by atoms with E-state index in [0.717, 1.165) is 11.8 Å². The number of carboxylic acids is 1. The van der Waals surface area contributed by atoms with E-state index < -0.39 is 5.97 Å². The smallest absolute Gasteiger partial charge is 0.342 e. The van der Waals surface area contributed by atoms with Crippen LogP contribution in [0.4, 0.5) is 0 Å². The van der Waals surface area contributed by atoms with E-state index in [2.05, 4.69) is 5.10 Å². The molecule has 0 amide bonds. The first-order valence-electron chi connectivity index (χ1n) is 7.16. The average Bonchev–Trinajstić information content (AvgIpc) is 2.70. The van der Waals surface area contributed by atoms with Crippen molar-refractivity contribution in [2.24, 2.45) is 23.7 Å². The third kappa shape index (κ3) is 1.53. The van der Waals surface area contributed by atoms with Gasteiger partial charge in [-0.05, 0) is 55.8 Å². The predicted molar refractivity (Wildman–Crippen MR) is 68.1 cm³/mol. The molecule has 102 valence electrons. The zero-order chi connectivity index (χ0) is 13.1. The van der Waals surface area contributed by atoms with Crippen LogP contribution in [0.25, 0.3) is 0 Å². The zero-order valence-corrected chi connectivity index (χ0v) is 10.7. The number of carbonyl (C=O) groups is 1. The van der Waals surface area contributed by atoms with Crippen LogP contribution in [0, 0.1) is 23.7 Å². The maximum Gasteiger partial charge on any atom is 0.342 e. The van der Waals surface area contributed by atoms with Crippen molar-refractivity contribution in [3.8, 4) is 0 Å². The van der Waals surface area contributed by atoms with Gasteiger partial charge in [-0.1, -0.05) is 0 Å². The van der Waals surface area contributed by atoms with Gasteiger partial charge in [-0.25, -0.2) is 9.48 Å². The first kappa shape index (κ1) is 11.3. The summed E-state index contributed by atoms with van der Waals surface area (Å²) in [6.07, 6.45) is 7.57. The standard InChI is InChI=1S/C14H18N2O3/c17-13-11(14(18)19)6-15-16(13)12-9-2-7-1-8(4-9)5-10(12)3-7/h6-10,12,15H,1-5H2,(H,18,19). The van der Waals surface area contributed by atoms with E-state index in [0.29, 0.717) is 11.8 Å². The summed E-state index contributed by atoms with van der Waals surface area (Å²) in [7, 11) is 0. The van der Waals surface area contributed by atoms with Crippen molar-refractivity contribution in [3.05, 3.63) is 22.1 Å². The highest BCUT2D eigenvalue weighted by molar-refractivity contribution is 5.86.